The lowest BCUT2D eigenvalue weighted by Crippen LogP contribution is -2.23. The minimum absolute atomic E-state index is 0.461. The summed E-state index contributed by atoms with van der Waals surface area (Å²) in [6, 6.07) is 7.03. The molecule has 0 aliphatic carbocycles. The number of hydrogen-bond donors (Lipinski definition) is 1. The van der Waals surface area contributed by atoms with Gasteiger partial charge < -0.3 is 5.32 Å². The molecule has 100 valence electrons. The van der Waals surface area contributed by atoms with Gasteiger partial charge in [0.05, 0.1) is 0 Å². The van der Waals surface area contributed by atoms with Crippen molar-refractivity contribution in [2.24, 2.45) is 0 Å². The zero-order valence-corrected chi connectivity index (χ0v) is 12.3. The van der Waals surface area contributed by atoms with E-state index in [9.17, 15) is 0 Å². The third kappa shape index (κ3) is 4.30. The van der Waals surface area contributed by atoms with Gasteiger partial charge in [-0.15, -0.1) is 6.58 Å². The van der Waals surface area contributed by atoms with E-state index >= 15 is 0 Å². The van der Waals surface area contributed by atoms with Crippen LogP contribution in [0.25, 0.3) is 0 Å². The summed E-state index contributed by atoms with van der Waals surface area (Å²) in [6.07, 6.45) is 3.41. The molecule has 0 aromatic heterocycles. The molecule has 1 rings (SSSR count). The Morgan fingerprint density at radius 1 is 1.28 bits per heavy atom. The third-order valence-corrected chi connectivity index (χ3v) is 3.39. The quantitative estimate of drug-likeness (QED) is 0.687. The molecule has 0 amide bonds. The number of allylic oxidation sites excluding steroid dienone is 1. The second kappa shape index (κ2) is 7.38. The van der Waals surface area contributed by atoms with E-state index in [4.69, 9.17) is 0 Å². The van der Waals surface area contributed by atoms with Gasteiger partial charge in [0.1, 0.15) is 0 Å². The van der Waals surface area contributed by atoms with Gasteiger partial charge in [-0.25, -0.2) is 0 Å². The Morgan fingerprint density at radius 2 is 1.89 bits per heavy atom. The Bertz CT molecular complexity index is 372. The van der Waals surface area contributed by atoms with E-state index < -0.39 is 0 Å². The maximum Gasteiger partial charge on any atom is 0.0328 e. The maximum absolute atomic E-state index is 4.02. The van der Waals surface area contributed by atoms with E-state index in [1.165, 1.54) is 28.7 Å². The molecule has 1 atom stereocenters. The molecule has 0 heterocycles. The van der Waals surface area contributed by atoms with Crippen molar-refractivity contribution in [3.05, 3.63) is 47.0 Å². The zero-order chi connectivity index (χ0) is 13.5. The van der Waals surface area contributed by atoms with Crippen LogP contribution in [0, 0.1) is 13.8 Å². The second-order valence-electron chi connectivity index (χ2n) is 5.31. The van der Waals surface area contributed by atoms with E-state index in [2.05, 4.69) is 57.8 Å². The van der Waals surface area contributed by atoms with Crippen molar-refractivity contribution in [3.8, 4) is 0 Å². The van der Waals surface area contributed by atoms with Crippen LogP contribution in [0.15, 0.2) is 30.4 Å². The Labute approximate surface area is 112 Å². The first kappa shape index (κ1) is 15.0. The molecule has 0 aliphatic rings. The van der Waals surface area contributed by atoms with E-state index in [1.54, 1.807) is 0 Å². The van der Waals surface area contributed by atoms with Gasteiger partial charge in [-0.1, -0.05) is 30.7 Å². The molecule has 0 radical (unpaired) electrons. The lowest BCUT2D eigenvalue weighted by atomic mass is 9.92. The van der Waals surface area contributed by atoms with Gasteiger partial charge in [0.25, 0.3) is 0 Å². The molecule has 1 aromatic rings. The highest BCUT2D eigenvalue weighted by Gasteiger charge is 2.14. The van der Waals surface area contributed by atoms with Gasteiger partial charge >= 0.3 is 0 Å². The monoisotopic (exact) mass is 245 g/mol. The summed E-state index contributed by atoms with van der Waals surface area (Å²) in [4.78, 5) is 0. The Balaban J connectivity index is 2.89. The van der Waals surface area contributed by atoms with Gasteiger partial charge in [-0.3, -0.25) is 0 Å². The number of benzene rings is 1. The fraction of sp³-hybridized carbons (Fsp3) is 0.529. The molecule has 1 heteroatoms. The predicted octanol–water partition coefficient (Wildman–Crippen LogP) is 4.70. The number of nitrogens with one attached hydrogen (secondary N) is 1. The second-order valence-corrected chi connectivity index (χ2v) is 5.31. The molecule has 0 bridgehead atoms. The number of aryl methyl sites for hydroxylation is 2. The summed E-state index contributed by atoms with van der Waals surface area (Å²) >= 11 is 0. The molecule has 0 saturated heterocycles. The van der Waals surface area contributed by atoms with Crippen LogP contribution in [-0.4, -0.2) is 6.54 Å². The van der Waals surface area contributed by atoms with Crippen molar-refractivity contribution < 1.29 is 0 Å². The third-order valence-electron chi connectivity index (χ3n) is 3.39. The molecular formula is C17H27N. The molecule has 1 aromatic carbocycles. The Morgan fingerprint density at radius 3 is 2.39 bits per heavy atom. The summed E-state index contributed by atoms with van der Waals surface area (Å²) in [6.45, 7) is 13.8. The first-order chi connectivity index (χ1) is 8.56. The summed E-state index contributed by atoms with van der Waals surface area (Å²) < 4.78 is 0. The van der Waals surface area contributed by atoms with Crippen molar-refractivity contribution in [1.29, 1.82) is 0 Å². The van der Waals surface area contributed by atoms with Crippen LogP contribution in [0.1, 0.15) is 55.8 Å². The highest BCUT2D eigenvalue weighted by atomic mass is 14.9. The standard InChI is InChI=1S/C17H27N/c1-6-12-18-16(11-10-13(2)3)17-14(4)8-7-9-15(17)5/h7-9,16,18H,2,6,10-12H2,1,3-5H3. The van der Waals surface area contributed by atoms with E-state index in [0.717, 1.165) is 19.4 Å². The molecule has 1 nitrogen and oxygen atoms in total. The van der Waals surface area contributed by atoms with Crippen molar-refractivity contribution in [3.63, 3.8) is 0 Å². The first-order valence-electron chi connectivity index (χ1n) is 7.00. The van der Waals surface area contributed by atoms with Crippen LogP contribution in [0.3, 0.4) is 0 Å². The average molecular weight is 245 g/mol. The van der Waals surface area contributed by atoms with Crippen LogP contribution < -0.4 is 5.32 Å². The highest BCUT2D eigenvalue weighted by Crippen LogP contribution is 2.26. The smallest absolute Gasteiger partial charge is 0.0328 e. The normalized spacial score (nSPS) is 12.4. The minimum atomic E-state index is 0.461. The van der Waals surface area contributed by atoms with Gasteiger partial charge in [0, 0.05) is 6.04 Å². The minimum Gasteiger partial charge on any atom is -0.310 e. The van der Waals surface area contributed by atoms with E-state index in [0.29, 0.717) is 6.04 Å². The molecule has 18 heavy (non-hydrogen) atoms. The predicted molar refractivity (Wildman–Crippen MR) is 81.0 cm³/mol. The van der Waals surface area contributed by atoms with Crippen LogP contribution >= 0.6 is 0 Å². The molecule has 1 unspecified atom stereocenters. The Kier molecular flexibility index (Phi) is 6.14. The van der Waals surface area contributed by atoms with Gasteiger partial charge in [0.15, 0.2) is 0 Å². The summed E-state index contributed by atoms with van der Waals surface area (Å²) in [5.41, 5.74) is 5.53. The molecule has 0 spiro atoms. The van der Waals surface area contributed by atoms with Crippen molar-refractivity contribution in [2.45, 2.75) is 53.0 Å². The van der Waals surface area contributed by atoms with Crippen molar-refractivity contribution in [1.82, 2.24) is 5.32 Å². The fourth-order valence-corrected chi connectivity index (χ4v) is 2.43. The van der Waals surface area contributed by atoms with Gasteiger partial charge in [-0.2, -0.15) is 0 Å². The lowest BCUT2D eigenvalue weighted by Gasteiger charge is -2.23. The van der Waals surface area contributed by atoms with Crippen LogP contribution in [0.4, 0.5) is 0 Å². The van der Waals surface area contributed by atoms with Crippen LogP contribution in [0.2, 0.25) is 0 Å². The molecule has 0 fully saturated rings. The van der Waals surface area contributed by atoms with Gasteiger partial charge in [0.2, 0.25) is 0 Å². The highest BCUT2D eigenvalue weighted by molar-refractivity contribution is 5.36. The summed E-state index contributed by atoms with van der Waals surface area (Å²) in [5.74, 6) is 0. The molecular weight excluding hydrogens is 218 g/mol. The SMILES string of the molecule is C=C(C)CCC(NCCC)c1c(C)cccc1C. The van der Waals surface area contributed by atoms with E-state index in [-0.39, 0.29) is 0 Å². The molecule has 0 saturated carbocycles. The zero-order valence-electron chi connectivity index (χ0n) is 12.3. The maximum atomic E-state index is 4.02. The lowest BCUT2D eigenvalue weighted by molar-refractivity contribution is 0.495. The molecule has 0 aliphatic heterocycles. The number of hydrogen-bond acceptors (Lipinski definition) is 1. The van der Waals surface area contributed by atoms with Crippen molar-refractivity contribution >= 4 is 0 Å². The van der Waals surface area contributed by atoms with Crippen LogP contribution in [0.5, 0.6) is 0 Å². The topological polar surface area (TPSA) is 12.0 Å². The van der Waals surface area contributed by atoms with E-state index in [1.807, 2.05) is 0 Å². The number of rotatable bonds is 7. The summed E-state index contributed by atoms with van der Waals surface area (Å²) in [5, 5.41) is 3.68. The largest absolute Gasteiger partial charge is 0.310 e. The first-order valence-corrected chi connectivity index (χ1v) is 7.00. The fourth-order valence-electron chi connectivity index (χ4n) is 2.43. The molecule has 1 N–H and O–H groups in total. The van der Waals surface area contributed by atoms with Crippen LogP contribution in [-0.2, 0) is 0 Å². The van der Waals surface area contributed by atoms with Gasteiger partial charge in [-0.05, 0) is 63.3 Å². The average Bonchev–Trinajstić information content (AvgIpc) is 2.31. The van der Waals surface area contributed by atoms with Crippen molar-refractivity contribution in [2.75, 3.05) is 6.54 Å². The Hall–Kier alpha value is -1.08. The summed E-state index contributed by atoms with van der Waals surface area (Å²) in [7, 11) is 0.